The van der Waals surface area contributed by atoms with Crippen LogP contribution in [0.2, 0.25) is 0 Å². The van der Waals surface area contributed by atoms with E-state index in [1.807, 2.05) is 6.92 Å². The predicted octanol–water partition coefficient (Wildman–Crippen LogP) is 1.13. The van der Waals surface area contributed by atoms with Gasteiger partial charge >= 0.3 is 0 Å². The largest absolute Gasteiger partial charge is 0.356 e. The van der Waals surface area contributed by atoms with Gasteiger partial charge in [-0.15, -0.1) is 0 Å². The first-order valence-electron chi connectivity index (χ1n) is 6.02. The van der Waals surface area contributed by atoms with E-state index in [1.54, 1.807) is 0 Å². The summed E-state index contributed by atoms with van der Waals surface area (Å²) in [6.45, 7) is 6.97. The van der Waals surface area contributed by atoms with Gasteiger partial charge in [0.1, 0.15) is 11.6 Å². The van der Waals surface area contributed by atoms with Gasteiger partial charge in [-0.1, -0.05) is 6.92 Å². The maximum Gasteiger partial charge on any atom is 0.132 e. The first kappa shape index (κ1) is 11.3. The molecule has 1 aliphatic heterocycles. The number of aromatic nitrogens is 2. The van der Waals surface area contributed by atoms with Crippen LogP contribution in [-0.2, 0) is 6.42 Å². The summed E-state index contributed by atoms with van der Waals surface area (Å²) in [6.07, 6.45) is 2.14. The lowest BCUT2D eigenvalue weighted by Crippen LogP contribution is -2.24. The fourth-order valence-corrected chi connectivity index (χ4v) is 2.19. The molecule has 0 bridgehead atoms. The molecule has 1 aliphatic rings. The lowest BCUT2D eigenvalue weighted by Gasteiger charge is -2.18. The van der Waals surface area contributed by atoms with Gasteiger partial charge in [-0.2, -0.15) is 0 Å². The number of nitrogens with two attached hydrogens (primary N) is 1. The Morgan fingerprint density at radius 3 is 2.94 bits per heavy atom. The van der Waals surface area contributed by atoms with Crippen LogP contribution >= 0.6 is 0 Å². The summed E-state index contributed by atoms with van der Waals surface area (Å²) in [7, 11) is 0. The third-order valence-electron chi connectivity index (χ3n) is 3.18. The number of hydrogen-bond donors (Lipinski definition) is 1. The van der Waals surface area contributed by atoms with Crippen LogP contribution in [0.3, 0.4) is 0 Å². The van der Waals surface area contributed by atoms with Gasteiger partial charge in [-0.3, -0.25) is 0 Å². The molecule has 0 radical (unpaired) electrons. The van der Waals surface area contributed by atoms with Crippen LogP contribution in [0.15, 0.2) is 6.07 Å². The molecule has 2 heterocycles. The van der Waals surface area contributed by atoms with E-state index in [4.69, 9.17) is 5.73 Å². The summed E-state index contributed by atoms with van der Waals surface area (Å²) in [4.78, 5) is 11.2. The third kappa shape index (κ3) is 2.32. The molecule has 0 aromatic carbocycles. The highest BCUT2D eigenvalue weighted by molar-refractivity contribution is 5.41. The van der Waals surface area contributed by atoms with Crippen molar-refractivity contribution in [1.82, 2.24) is 9.97 Å². The van der Waals surface area contributed by atoms with Crippen molar-refractivity contribution in [2.45, 2.75) is 26.7 Å². The molecule has 16 heavy (non-hydrogen) atoms. The molecule has 1 fully saturated rings. The van der Waals surface area contributed by atoms with Crippen molar-refractivity contribution in [3.8, 4) is 0 Å². The van der Waals surface area contributed by atoms with E-state index >= 15 is 0 Å². The second-order valence-electron chi connectivity index (χ2n) is 4.45. The zero-order valence-electron chi connectivity index (χ0n) is 10.1. The smallest absolute Gasteiger partial charge is 0.132 e. The molecule has 1 aromatic rings. The molecule has 2 N–H and O–H groups in total. The highest BCUT2D eigenvalue weighted by atomic mass is 15.2. The van der Waals surface area contributed by atoms with Crippen LogP contribution in [0.5, 0.6) is 0 Å². The van der Waals surface area contributed by atoms with E-state index < -0.39 is 0 Å². The molecule has 4 heteroatoms. The van der Waals surface area contributed by atoms with E-state index in [2.05, 4.69) is 27.9 Å². The van der Waals surface area contributed by atoms with Crippen molar-refractivity contribution in [3.05, 3.63) is 17.6 Å². The Hall–Kier alpha value is -1.16. The Morgan fingerprint density at radius 1 is 1.50 bits per heavy atom. The zero-order valence-corrected chi connectivity index (χ0v) is 10.1. The molecule has 1 atom stereocenters. The third-order valence-corrected chi connectivity index (χ3v) is 3.18. The van der Waals surface area contributed by atoms with E-state index in [1.165, 1.54) is 6.42 Å². The maximum absolute atomic E-state index is 5.70. The molecule has 1 aromatic heterocycles. The Morgan fingerprint density at radius 2 is 2.31 bits per heavy atom. The van der Waals surface area contributed by atoms with Crippen molar-refractivity contribution >= 4 is 5.82 Å². The quantitative estimate of drug-likeness (QED) is 0.829. The molecule has 1 unspecified atom stereocenters. The molecule has 4 nitrogen and oxygen atoms in total. The second kappa shape index (κ2) is 4.78. The molecular formula is C12H20N4. The van der Waals surface area contributed by atoms with Crippen molar-refractivity contribution in [2.75, 3.05) is 24.5 Å². The molecule has 2 rings (SSSR count). The number of aryl methyl sites for hydroxylation is 2. The highest BCUT2D eigenvalue weighted by Crippen LogP contribution is 2.22. The normalized spacial score (nSPS) is 20.4. The SMILES string of the molecule is CCc1cc(N2CCC(CN)C2)nc(C)n1. The van der Waals surface area contributed by atoms with E-state index in [0.717, 1.165) is 43.4 Å². The number of anilines is 1. The molecule has 0 spiro atoms. The molecule has 1 saturated heterocycles. The fourth-order valence-electron chi connectivity index (χ4n) is 2.19. The summed E-state index contributed by atoms with van der Waals surface area (Å²) in [6, 6.07) is 2.10. The maximum atomic E-state index is 5.70. The molecule has 0 aliphatic carbocycles. The van der Waals surface area contributed by atoms with Crippen LogP contribution < -0.4 is 10.6 Å². The van der Waals surface area contributed by atoms with Gasteiger partial charge < -0.3 is 10.6 Å². The molecule has 0 saturated carbocycles. The number of hydrogen-bond acceptors (Lipinski definition) is 4. The molecule has 0 amide bonds. The minimum atomic E-state index is 0.625. The van der Waals surface area contributed by atoms with Gasteiger partial charge in [0.2, 0.25) is 0 Å². The first-order valence-corrected chi connectivity index (χ1v) is 6.02. The zero-order chi connectivity index (χ0) is 11.5. The Labute approximate surface area is 96.9 Å². The summed E-state index contributed by atoms with van der Waals surface area (Å²) in [5.74, 6) is 2.56. The summed E-state index contributed by atoms with van der Waals surface area (Å²) in [5.41, 5.74) is 6.82. The van der Waals surface area contributed by atoms with Gasteiger partial charge in [0.05, 0.1) is 0 Å². The number of nitrogens with zero attached hydrogens (tertiary/aromatic N) is 3. The van der Waals surface area contributed by atoms with Gasteiger partial charge in [-0.25, -0.2) is 9.97 Å². The average Bonchev–Trinajstić information content (AvgIpc) is 2.76. The van der Waals surface area contributed by atoms with E-state index in [9.17, 15) is 0 Å². The monoisotopic (exact) mass is 220 g/mol. The Kier molecular flexibility index (Phi) is 3.39. The fraction of sp³-hybridized carbons (Fsp3) is 0.667. The van der Waals surface area contributed by atoms with Crippen molar-refractivity contribution in [3.63, 3.8) is 0 Å². The van der Waals surface area contributed by atoms with Crippen molar-refractivity contribution in [2.24, 2.45) is 11.7 Å². The van der Waals surface area contributed by atoms with Gasteiger partial charge in [0.25, 0.3) is 0 Å². The van der Waals surface area contributed by atoms with Gasteiger partial charge in [-0.05, 0) is 32.2 Å². The summed E-state index contributed by atoms with van der Waals surface area (Å²) >= 11 is 0. The van der Waals surface area contributed by atoms with E-state index in [-0.39, 0.29) is 0 Å². The predicted molar refractivity (Wildman–Crippen MR) is 65.5 cm³/mol. The van der Waals surface area contributed by atoms with Crippen molar-refractivity contribution < 1.29 is 0 Å². The minimum Gasteiger partial charge on any atom is -0.356 e. The Bertz CT molecular complexity index is 364. The average molecular weight is 220 g/mol. The lowest BCUT2D eigenvalue weighted by atomic mass is 10.1. The summed E-state index contributed by atoms with van der Waals surface area (Å²) < 4.78 is 0. The highest BCUT2D eigenvalue weighted by Gasteiger charge is 2.22. The van der Waals surface area contributed by atoms with Crippen LogP contribution in [0.4, 0.5) is 5.82 Å². The topological polar surface area (TPSA) is 55.0 Å². The van der Waals surface area contributed by atoms with E-state index in [0.29, 0.717) is 5.92 Å². The Balaban J connectivity index is 2.17. The lowest BCUT2D eigenvalue weighted by molar-refractivity contribution is 0.602. The van der Waals surface area contributed by atoms with Crippen molar-refractivity contribution in [1.29, 1.82) is 0 Å². The van der Waals surface area contributed by atoms with Crippen LogP contribution in [-0.4, -0.2) is 29.6 Å². The summed E-state index contributed by atoms with van der Waals surface area (Å²) in [5, 5.41) is 0. The molecule has 88 valence electrons. The van der Waals surface area contributed by atoms with Crippen LogP contribution in [0.25, 0.3) is 0 Å². The number of rotatable bonds is 3. The van der Waals surface area contributed by atoms with Gasteiger partial charge in [0.15, 0.2) is 0 Å². The van der Waals surface area contributed by atoms with Gasteiger partial charge in [0, 0.05) is 24.8 Å². The molecular weight excluding hydrogens is 200 g/mol. The second-order valence-corrected chi connectivity index (χ2v) is 4.45. The standard InChI is InChI=1S/C12H20N4/c1-3-11-6-12(15-9(2)14-11)16-5-4-10(7-13)8-16/h6,10H,3-5,7-8,13H2,1-2H3. The minimum absolute atomic E-state index is 0.625. The first-order chi connectivity index (χ1) is 7.72. The van der Waals surface area contributed by atoms with Crippen LogP contribution in [0.1, 0.15) is 24.9 Å². The van der Waals surface area contributed by atoms with Crippen LogP contribution in [0, 0.1) is 12.8 Å².